The van der Waals surface area contributed by atoms with Crippen LogP contribution in [0, 0.1) is 11.8 Å². The van der Waals surface area contributed by atoms with Gasteiger partial charge in [-0.1, -0.05) is 33.6 Å². The second-order valence-electron chi connectivity index (χ2n) is 3.47. The fraction of sp³-hybridized carbons (Fsp3) is 0.900. The summed E-state index contributed by atoms with van der Waals surface area (Å²) >= 11 is 0. The van der Waals surface area contributed by atoms with E-state index in [4.69, 9.17) is 0 Å². The van der Waals surface area contributed by atoms with Crippen LogP contribution in [-0.2, 0) is 4.79 Å². The molecule has 1 N–H and O–H groups in total. The summed E-state index contributed by atoms with van der Waals surface area (Å²) < 4.78 is 0. The highest BCUT2D eigenvalue weighted by atomic mass is 16.3. The van der Waals surface area contributed by atoms with Crippen LogP contribution >= 0.6 is 0 Å². The molecule has 72 valence electrons. The summed E-state index contributed by atoms with van der Waals surface area (Å²) in [5.74, 6) is 0.133. The van der Waals surface area contributed by atoms with E-state index in [2.05, 4.69) is 0 Å². The molecule has 0 aromatic heterocycles. The monoisotopic (exact) mass is 172 g/mol. The molecule has 12 heavy (non-hydrogen) atoms. The van der Waals surface area contributed by atoms with E-state index in [9.17, 15) is 9.90 Å². The first-order valence-electron chi connectivity index (χ1n) is 4.73. The third kappa shape index (κ3) is 2.94. The quantitative estimate of drug-likeness (QED) is 0.688. The summed E-state index contributed by atoms with van der Waals surface area (Å²) in [5.41, 5.74) is 0. The number of rotatable bonds is 5. The van der Waals surface area contributed by atoms with Crippen molar-refractivity contribution in [3.05, 3.63) is 0 Å². The molecule has 0 radical (unpaired) electrons. The highest BCUT2D eigenvalue weighted by molar-refractivity contribution is 5.78. The van der Waals surface area contributed by atoms with E-state index in [1.807, 2.05) is 13.8 Å². The average molecular weight is 172 g/mol. The van der Waals surface area contributed by atoms with Crippen LogP contribution in [0.4, 0.5) is 0 Å². The number of Topliss-reactive ketones (excluding diaryl/α,β-unsaturated/α-hetero) is 1. The fourth-order valence-electron chi connectivity index (χ4n) is 1.42. The first-order chi connectivity index (χ1) is 5.54. The topological polar surface area (TPSA) is 37.3 Å². The fourth-order valence-corrected chi connectivity index (χ4v) is 1.42. The Bertz CT molecular complexity index is 139. The molecular weight excluding hydrogens is 152 g/mol. The Balaban J connectivity index is 4.14. The van der Waals surface area contributed by atoms with Crippen LogP contribution in [0.3, 0.4) is 0 Å². The molecule has 2 heteroatoms. The standard InChI is InChI=1S/C10H20O2/c1-5-9(6-2)10(12)7(3)8(4)11/h7,9-10,12H,5-6H2,1-4H3/t7-,10+/m1/s1. The van der Waals surface area contributed by atoms with E-state index in [1.54, 1.807) is 6.92 Å². The smallest absolute Gasteiger partial charge is 0.135 e. The average Bonchev–Trinajstić information content (AvgIpc) is 2.05. The van der Waals surface area contributed by atoms with Crippen molar-refractivity contribution < 1.29 is 9.90 Å². The van der Waals surface area contributed by atoms with Crippen molar-refractivity contribution in [1.29, 1.82) is 0 Å². The Morgan fingerprint density at radius 3 is 2.00 bits per heavy atom. The summed E-state index contributed by atoms with van der Waals surface area (Å²) in [6.07, 6.45) is 1.42. The minimum absolute atomic E-state index is 0.0781. The predicted molar refractivity (Wildman–Crippen MR) is 49.9 cm³/mol. The third-order valence-corrected chi connectivity index (χ3v) is 2.69. The molecule has 0 aliphatic carbocycles. The van der Waals surface area contributed by atoms with E-state index in [0.717, 1.165) is 12.8 Å². The number of ketones is 1. The second kappa shape index (κ2) is 5.31. The predicted octanol–water partition coefficient (Wildman–Crippen LogP) is 2.01. The molecule has 0 bridgehead atoms. The van der Waals surface area contributed by atoms with E-state index >= 15 is 0 Å². The Kier molecular flexibility index (Phi) is 5.14. The van der Waals surface area contributed by atoms with Crippen molar-refractivity contribution in [2.45, 2.75) is 46.6 Å². The zero-order chi connectivity index (χ0) is 9.72. The Hall–Kier alpha value is -0.370. The lowest BCUT2D eigenvalue weighted by molar-refractivity contribution is -0.124. The largest absolute Gasteiger partial charge is 0.392 e. The van der Waals surface area contributed by atoms with Crippen LogP contribution in [0.1, 0.15) is 40.5 Å². The molecule has 2 atom stereocenters. The van der Waals surface area contributed by atoms with Gasteiger partial charge in [0, 0.05) is 5.92 Å². The number of hydrogen-bond acceptors (Lipinski definition) is 2. The molecular formula is C10H20O2. The molecule has 0 aliphatic heterocycles. The van der Waals surface area contributed by atoms with Crippen molar-refractivity contribution in [3.63, 3.8) is 0 Å². The maximum atomic E-state index is 11.0. The van der Waals surface area contributed by atoms with Gasteiger partial charge in [-0.25, -0.2) is 0 Å². The lowest BCUT2D eigenvalue weighted by Gasteiger charge is -2.24. The van der Waals surface area contributed by atoms with Crippen LogP contribution < -0.4 is 0 Å². The molecule has 2 nitrogen and oxygen atoms in total. The maximum absolute atomic E-state index is 11.0. The number of aliphatic hydroxyl groups excluding tert-OH is 1. The minimum atomic E-state index is -0.461. The van der Waals surface area contributed by atoms with Gasteiger partial charge in [0.15, 0.2) is 0 Å². The van der Waals surface area contributed by atoms with E-state index in [0.29, 0.717) is 0 Å². The molecule has 0 fully saturated rings. The van der Waals surface area contributed by atoms with Crippen molar-refractivity contribution in [3.8, 4) is 0 Å². The van der Waals surface area contributed by atoms with Crippen LogP contribution in [0.2, 0.25) is 0 Å². The van der Waals surface area contributed by atoms with E-state index in [-0.39, 0.29) is 17.6 Å². The Morgan fingerprint density at radius 1 is 1.33 bits per heavy atom. The summed E-state index contributed by atoms with van der Waals surface area (Å²) in [4.78, 5) is 11.0. The molecule has 0 rings (SSSR count). The molecule has 0 aromatic rings. The molecule has 0 spiro atoms. The molecule has 0 amide bonds. The number of carbonyl (C=O) groups is 1. The first kappa shape index (κ1) is 11.6. The maximum Gasteiger partial charge on any atom is 0.135 e. The second-order valence-corrected chi connectivity index (χ2v) is 3.47. The van der Waals surface area contributed by atoms with Gasteiger partial charge < -0.3 is 5.11 Å². The van der Waals surface area contributed by atoms with Gasteiger partial charge in [0.25, 0.3) is 0 Å². The van der Waals surface area contributed by atoms with Crippen molar-refractivity contribution in [1.82, 2.24) is 0 Å². The normalized spacial score (nSPS) is 16.2. The SMILES string of the molecule is CCC(CC)[C@@H](O)[C@H](C)C(C)=O. The van der Waals surface area contributed by atoms with Gasteiger partial charge in [-0.2, -0.15) is 0 Å². The lowest BCUT2D eigenvalue weighted by atomic mass is 9.86. The zero-order valence-electron chi connectivity index (χ0n) is 8.50. The summed E-state index contributed by atoms with van der Waals surface area (Å²) in [6.45, 7) is 7.43. The Labute approximate surface area is 75.0 Å². The number of carbonyl (C=O) groups excluding carboxylic acids is 1. The van der Waals surface area contributed by atoms with E-state index in [1.165, 1.54) is 6.92 Å². The number of hydrogen-bond donors (Lipinski definition) is 1. The van der Waals surface area contributed by atoms with Crippen LogP contribution in [-0.4, -0.2) is 17.0 Å². The highest BCUT2D eigenvalue weighted by Crippen LogP contribution is 2.19. The third-order valence-electron chi connectivity index (χ3n) is 2.69. The summed E-state index contributed by atoms with van der Waals surface area (Å²) in [7, 11) is 0. The minimum Gasteiger partial charge on any atom is -0.392 e. The zero-order valence-corrected chi connectivity index (χ0v) is 8.50. The lowest BCUT2D eigenvalue weighted by Crippen LogP contribution is -2.30. The molecule has 0 unspecified atom stereocenters. The molecule has 0 aliphatic rings. The van der Waals surface area contributed by atoms with Crippen LogP contribution in [0.15, 0.2) is 0 Å². The molecule has 0 aromatic carbocycles. The molecule has 0 saturated carbocycles. The van der Waals surface area contributed by atoms with Crippen LogP contribution in [0.5, 0.6) is 0 Å². The summed E-state index contributed by atoms with van der Waals surface area (Å²) in [6, 6.07) is 0. The van der Waals surface area contributed by atoms with Crippen molar-refractivity contribution in [2.24, 2.45) is 11.8 Å². The van der Waals surface area contributed by atoms with Crippen molar-refractivity contribution >= 4 is 5.78 Å². The molecule has 0 saturated heterocycles. The summed E-state index contributed by atoms with van der Waals surface area (Å²) in [5, 5.41) is 9.73. The number of aliphatic hydroxyl groups is 1. The van der Waals surface area contributed by atoms with Gasteiger partial charge in [-0.05, 0) is 12.8 Å². The Morgan fingerprint density at radius 2 is 1.75 bits per heavy atom. The highest BCUT2D eigenvalue weighted by Gasteiger charge is 2.24. The first-order valence-corrected chi connectivity index (χ1v) is 4.73. The molecule has 0 heterocycles. The van der Waals surface area contributed by atoms with Crippen LogP contribution in [0.25, 0.3) is 0 Å². The van der Waals surface area contributed by atoms with Gasteiger partial charge in [0.05, 0.1) is 6.10 Å². The van der Waals surface area contributed by atoms with Crippen molar-refractivity contribution in [2.75, 3.05) is 0 Å². The van der Waals surface area contributed by atoms with Gasteiger partial charge in [0.1, 0.15) is 5.78 Å². The van der Waals surface area contributed by atoms with Gasteiger partial charge in [-0.15, -0.1) is 0 Å². The van der Waals surface area contributed by atoms with Gasteiger partial charge in [0.2, 0.25) is 0 Å². The van der Waals surface area contributed by atoms with E-state index < -0.39 is 6.10 Å². The van der Waals surface area contributed by atoms with Gasteiger partial charge >= 0.3 is 0 Å². The van der Waals surface area contributed by atoms with Gasteiger partial charge in [-0.3, -0.25) is 4.79 Å².